The first kappa shape index (κ1) is 16.7. The van der Waals surface area contributed by atoms with E-state index in [4.69, 9.17) is 0 Å². The van der Waals surface area contributed by atoms with Crippen molar-refractivity contribution in [1.82, 2.24) is 10.2 Å². The molecular weight excluding hydrogens is 300 g/mol. The largest absolute Gasteiger partial charge is 0.383 e. The molecule has 0 aromatic heterocycles. The Bertz CT molecular complexity index is 660. The SMILES string of the molecule is CN1CCC(NC(=O)[C@@H](O)Cc2ccccc2)C1c1ccccc1. The predicted molar refractivity (Wildman–Crippen MR) is 94.5 cm³/mol. The lowest BCUT2D eigenvalue weighted by molar-refractivity contribution is -0.130. The maximum atomic E-state index is 12.4. The summed E-state index contributed by atoms with van der Waals surface area (Å²) < 4.78 is 0. The van der Waals surface area contributed by atoms with Crippen molar-refractivity contribution in [2.24, 2.45) is 0 Å². The number of aliphatic hydroxyl groups excluding tert-OH is 1. The van der Waals surface area contributed by atoms with Crippen LogP contribution in [0.2, 0.25) is 0 Å². The third-order valence-corrected chi connectivity index (χ3v) is 4.69. The molecule has 2 aromatic rings. The molecule has 1 heterocycles. The molecule has 2 aromatic carbocycles. The van der Waals surface area contributed by atoms with E-state index in [0.29, 0.717) is 6.42 Å². The average molecular weight is 324 g/mol. The molecule has 1 saturated heterocycles. The molecule has 1 fully saturated rings. The Balaban J connectivity index is 1.64. The van der Waals surface area contributed by atoms with Gasteiger partial charge in [0.25, 0.3) is 0 Å². The first-order valence-corrected chi connectivity index (χ1v) is 8.42. The number of likely N-dealkylation sites (tertiary alicyclic amines) is 1. The third-order valence-electron chi connectivity index (χ3n) is 4.69. The zero-order chi connectivity index (χ0) is 16.9. The van der Waals surface area contributed by atoms with E-state index in [2.05, 4.69) is 29.4 Å². The van der Waals surface area contributed by atoms with Crippen LogP contribution in [0.1, 0.15) is 23.6 Å². The first-order chi connectivity index (χ1) is 11.6. The van der Waals surface area contributed by atoms with Crippen LogP contribution in [0.3, 0.4) is 0 Å². The van der Waals surface area contributed by atoms with Gasteiger partial charge in [0.05, 0.1) is 6.04 Å². The van der Waals surface area contributed by atoms with Crippen molar-refractivity contribution >= 4 is 5.91 Å². The molecule has 4 nitrogen and oxygen atoms in total. The number of likely N-dealkylation sites (N-methyl/N-ethyl adjacent to an activating group) is 1. The summed E-state index contributed by atoms with van der Waals surface area (Å²) >= 11 is 0. The fourth-order valence-corrected chi connectivity index (χ4v) is 3.44. The molecule has 1 aliphatic rings. The van der Waals surface area contributed by atoms with Gasteiger partial charge in [0, 0.05) is 19.0 Å². The number of benzene rings is 2. The van der Waals surface area contributed by atoms with Gasteiger partial charge in [-0.15, -0.1) is 0 Å². The van der Waals surface area contributed by atoms with Crippen molar-refractivity contribution in [3.63, 3.8) is 0 Å². The highest BCUT2D eigenvalue weighted by Gasteiger charge is 2.34. The Morgan fingerprint density at radius 2 is 1.79 bits per heavy atom. The molecule has 0 radical (unpaired) electrons. The number of aliphatic hydroxyl groups is 1. The number of carbonyl (C=O) groups excluding carboxylic acids is 1. The Morgan fingerprint density at radius 1 is 1.17 bits per heavy atom. The standard InChI is InChI=1S/C20H24N2O2/c1-22-13-12-17(19(22)16-10-6-3-7-11-16)21-20(24)18(23)14-15-8-4-2-5-9-15/h2-11,17-19,23H,12-14H2,1H3,(H,21,24)/t17?,18-,19?/m0/s1. The predicted octanol–water partition coefficient (Wildman–Crippen LogP) is 2.15. The lowest BCUT2D eigenvalue weighted by atomic mass is 9.99. The summed E-state index contributed by atoms with van der Waals surface area (Å²) in [6, 6.07) is 20.0. The highest BCUT2D eigenvalue weighted by molar-refractivity contribution is 5.81. The summed E-state index contributed by atoms with van der Waals surface area (Å²) in [5.41, 5.74) is 2.16. The van der Waals surface area contributed by atoms with E-state index in [1.807, 2.05) is 48.5 Å². The smallest absolute Gasteiger partial charge is 0.249 e. The van der Waals surface area contributed by atoms with Gasteiger partial charge in [0.2, 0.25) is 5.91 Å². The Kier molecular flexibility index (Phi) is 5.28. The summed E-state index contributed by atoms with van der Waals surface area (Å²) in [6.07, 6.45) is 0.209. The molecule has 2 N–H and O–H groups in total. The zero-order valence-electron chi connectivity index (χ0n) is 13.9. The third kappa shape index (κ3) is 3.83. The second-order valence-corrected chi connectivity index (χ2v) is 6.45. The number of rotatable bonds is 5. The number of carbonyl (C=O) groups is 1. The lowest BCUT2D eigenvalue weighted by Gasteiger charge is -2.27. The molecule has 4 heteroatoms. The topological polar surface area (TPSA) is 52.6 Å². The quantitative estimate of drug-likeness (QED) is 0.886. The van der Waals surface area contributed by atoms with Gasteiger partial charge >= 0.3 is 0 Å². The van der Waals surface area contributed by atoms with E-state index < -0.39 is 6.10 Å². The van der Waals surface area contributed by atoms with Gasteiger partial charge < -0.3 is 10.4 Å². The molecule has 1 aliphatic heterocycles. The van der Waals surface area contributed by atoms with Gasteiger partial charge in [-0.05, 0) is 24.6 Å². The number of amides is 1. The van der Waals surface area contributed by atoms with Gasteiger partial charge in [-0.1, -0.05) is 60.7 Å². The van der Waals surface area contributed by atoms with Crippen LogP contribution in [0.15, 0.2) is 60.7 Å². The summed E-state index contributed by atoms with van der Waals surface area (Å²) in [5, 5.41) is 13.3. The zero-order valence-corrected chi connectivity index (χ0v) is 13.9. The van der Waals surface area contributed by atoms with Gasteiger partial charge in [0.1, 0.15) is 6.10 Å². The van der Waals surface area contributed by atoms with Crippen LogP contribution >= 0.6 is 0 Å². The molecule has 2 unspecified atom stereocenters. The second-order valence-electron chi connectivity index (χ2n) is 6.45. The maximum absolute atomic E-state index is 12.4. The van der Waals surface area contributed by atoms with Crippen LogP contribution in [-0.4, -0.2) is 41.7 Å². The molecule has 3 atom stereocenters. The molecule has 126 valence electrons. The molecule has 0 bridgehead atoms. The van der Waals surface area contributed by atoms with Crippen molar-refractivity contribution in [3.05, 3.63) is 71.8 Å². The van der Waals surface area contributed by atoms with Crippen molar-refractivity contribution in [1.29, 1.82) is 0 Å². The molecule has 0 saturated carbocycles. The Hall–Kier alpha value is -2.17. The van der Waals surface area contributed by atoms with Crippen molar-refractivity contribution in [2.45, 2.75) is 31.0 Å². The molecular formula is C20H24N2O2. The number of nitrogens with zero attached hydrogens (tertiary/aromatic N) is 1. The van der Waals surface area contributed by atoms with Crippen LogP contribution < -0.4 is 5.32 Å². The molecule has 24 heavy (non-hydrogen) atoms. The monoisotopic (exact) mass is 324 g/mol. The van der Waals surface area contributed by atoms with Crippen molar-refractivity contribution in [3.8, 4) is 0 Å². The minimum atomic E-state index is -1.02. The van der Waals surface area contributed by atoms with Crippen LogP contribution in [0, 0.1) is 0 Å². The molecule has 3 rings (SSSR count). The van der Waals surface area contributed by atoms with Crippen LogP contribution in [-0.2, 0) is 11.2 Å². The van der Waals surface area contributed by atoms with E-state index in [1.165, 1.54) is 5.56 Å². The van der Waals surface area contributed by atoms with Crippen LogP contribution in [0.5, 0.6) is 0 Å². The van der Waals surface area contributed by atoms with Gasteiger partial charge in [-0.25, -0.2) is 0 Å². The minimum Gasteiger partial charge on any atom is -0.383 e. The maximum Gasteiger partial charge on any atom is 0.249 e. The highest BCUT2D eigenvalue weighted by Crippen LogP contribution is 2.30. The van der Waals surface area contributed by atoms with Gasteiger partial charge in [-0.3, -0.25) is 9.69 Å². The van der Waals surface area contributed by atoms with Crippen LogP contribution in [0.4, 0.5) is 0 Å². The van der Waals surface area contributed by atoms with E-state index in [9.17, 15) is 9.90 Å². The van der Waals surface area contributed by atoms with E-state index in [0.717, 1.165) is 18.5 Å². The lowest BCUT2D eigenvalue weighted by Crippen LogP contribution is -2.44. The normalized spacial score (nSPS) is 22.2. The van der Waals surface area contributed by atoms with E-state index in [-0.39, 0.29) is 18.0 Å². The molecule has 1 amide bonds. The van der Waals surface area contributed by atoms with Gasteiger partial charge in [-0.2, -0.15) is 0 Å². The molecule has 0 spiro atoms. The summed E-state index contributed by atoms with van der Waals surface area (Å²) in [7, 11) is 2.07. The fraction of sp³-hybridized carbons (Fsp3) is 0.350. The number of hydrogen-bond donors (Lipinski definition) is 2. The van der Waals surface area contributed by atoms with Gasteiger partial charge in [0.15, 0.2) is 0 Å². The van der Waals surface area contributed by atoms with Crippen molar-refractivity contribution in [2.75, 3.05) is 13.6 Å². The summed E-state index contributed by atoms with van der Waals surface area (Å²) in [6.45, 7) is 0.930. The van der Waals surface area contributed by atoms with E-state index >= 15 is 0 Å². The molecule has 0 aliphatic carbocycles. The Morgan fingerprint density at radius 3 is 2.46 bits per heavy atom. The number of hydrogen-bond acceptors (Lipinski definition) is 3. The summed E-state index contributed by atoms with van der Waals surface area (Å²) in [4.78, 5) is 14.7. The minimum absolute atomic E-state index is 0.0234. The summed E-state index contributed by atoms with van der Waals surface area (Å²) in [5.74, 6) is -0.292. The second kappa shape index (κ2) is 7.60. The number of nitrogens with one attached hydrogen (secondary N) is 1. The Labute approximate surface area is 143 Å². The average Bonchev–Trinajstić information content (AvgIpc) is 2.97. The highest BCUT2D eigenvalue weighted by atomic mass is 16.3. The fourth-order valence-electron chi connectivity index (χ4n) is 3.44. The van der Waals surface area contributed by atoms with Crippen molar-refractivity contribution < 1.29 is 9.90 Å². The first-order valence-electron chi connectivity index (χ1n) is 8.42. The van der Waals surface area contributed by atoms with E-state index in [1.54, 1.807) is 0 Å². The van der Waals surface area contributed by atoms with Crippen LogP contribution in [0.25, 0.3) is 0 Å².